The fourth-order valence-corrected chi connectivity index (χ4v) is 5.12. The van der Waals surface area contributed by atoms with Crippen LogP contribution in [0.25, 0.3) is 10.2 Å². The molecule has 1 amide bonds. The minimum Gasteiger partial charge on any atom is -0.467 e. The van der Waals surface area contributed by atoms with Gasteiger partial charge in [0.25, 0.3) is 5.91 Å². The molecule has 1 atom stereocenters. The average Bonchev–Trinajstić information content (AvgIpc) is 3.24. The van der Waals surface area contributed by atoms with Gasteiger partial charge in [-0.25, -0.2) is 9.97 Å². The predicted octanol–water partition coefficient (Wildman–Crippen LogP) is 3.57. The Kier molecular flexibility index (Phi) is 4.67. The Morgan fingerprint density at radius 1 is 1.44 bits per heavy atom. The van der Waals surface area contributed by atoms with Crippen LogP contribution in [-0.2, 0) is 24.2 Å². The van der Waals surface area contributed by atoms with Gasteiger partial charge >= 0.3 is 0 Å². The molecule has 0 bridgehead atoms. The van der Waals surface area contributed by atoms with Crippen LogP contribution in [0, 0.1) is 5.92 Å². The molecule has 7 heteroatoms. The predicted molar refractivity (Wildman–Crippen MR) is 100 cm³/mol. The molecule has 1 aliphatic carbocycles. The summed E-state index contributed by atoms with van der Waals surface area (Å²) in [6.07, 6.45) is 4.82. The number of hydrogen-bond acceptors (Lipinski definition) is 6. The fraction of sp³-hybridized carbons (Fsp3) is 0.389. The minimum absolute atomic E-state index is 0.0293. The molecule has 3 aromatic heterocycles. The number of rotatable bonds is 5. The molecular weight excluding hydrogens is 354 g/mol. The second-order valence-corrected chi connectivity index (χ2v) is 8.47. The van der Waals surface area contributed by atoms with Crippen LogP contribution in [-0.4, -0.2) is 22.5 Å². The Bertz CT molecular complexity index is 889. The Morgan fingerprint density at radius 3 is 3.20 bits per heavy atom. The molecule has 0 fully saturated rings. The van der Waals surface area contributed by atoms with E-state index >= 15 is 0 Å². The number of aryl methyl sites for hydroxylation is 1. The Labute approximate surface area is 154 Å². The van der Waals surface area contributed by atoms with Crippen molar-refractivity contribution in [1.82, 2.24) is 15.3 Å². The van der Waals surface area contributed by atoms with E-state index in [0.29, 0.717) is 18.3 Å². The lowest BCUT2D eigenvalue weighted by atomic mass is 9.89. The number of thiophene rings is 2. The molecule has 1 aliphatic rings. The lowest BCUT2D eigenvalue weighted by Gasteiger charge is -2.18. The van der Waals surface area contributed by atoms with E-state index in [1.165, 1.54) is 23.2 Å². The van der Waals surface area contributed by atoms with Crippen molar-refractivity contribution in [3.8, 4) is 5.88 Å². The highest BCUT2D eigenvalue weighted by Gasteiger charge is 2.23. The number of fused-ring (bicyclic) bond motifs is 3. The summed E-state index contributed by atoms with van der Waals surface area (Å²) in [5.74, 6) is 1.10. The fourth-order valence-electron chi connectivity index (χ4n) is 3.14. The highest BCUT2D eigenvalue weighted by Crippen LogP contribution is 2.40. The number of carbonyl (C=O) groups excluding carboxylic acids is 1. The topological polar surface area (TPSA) is 64.1 Å². The van der Waals surface area contributed by atoms with Crippen molar-refractivity contribution in [2.75, 3.05) is 6.61 Å². The van der Waals surface area contributed by atoms with Crippen molar-refractivity contribution >= 4 is 38.8 Å². The first-order chi connectivity index (χ1) is 12.2. The molecule has 0 saturated carbocycles. The molecule has 1 unspecified atom stereocenters. The quantitative estimate of drug-likeness (QED) is 0.742. The van der Waals surface area contributed by atoms with Gasteiger partial charge in [0.1, 0.15) is 11.2 Å². The van der Waals surface area contributed by atoms with E-state index in [4.69, 9.17) is 4.74 Å². The van der Waals surface area contributed by atoms with Crippen LogP contribution in [0.15, 0.2) is 23.8 Å². The molecule has 0 saturated heterocycles. The molecule has 3 heterocycles. The van der Waals surface area contributed by atoms with E-state index in [1.54, 1.807) is 22.7 Å². The van der Waals surface area contributed by atoms with E-state index < -0.39 is 0 Å². The minimum atomic E-state index is -0.141. The Morgan fingerprint density at radius 2 is 2.36 bits per heavy atom. The third-order valence-electron chi connectivity index (χ3n) is 4.44. The van der Waals surface area contributed by atoms with Gasteiger partial charge in [-0.3, -0.25) is 4.79 Å². The number of ether oxygens (including phenoxy) is 1. The monoisotopic (exact) mass is 373 g/mol. The third kappa shape index (κ3) is 3.52. The molecule has 4 rings (SSSR count). The second-order valence-electron chi connectivity index (χ2n) is 6.36. The van der Waals surface area contributed by atoms with Crippen LogP contribution in [0.3, 0.4) is 0 Å². The molecular formula is C18H19N3O2S2. The Balaban J connectivity index is 1.47. The summed E-state index contributed by atoms with van der Waals surface area (Å²) in [6.45, 7) is 2.79. The summed E-state index contributed by atoms with van der Waals surface area (Å²) in [4.78, 5) is 24.2. The van der Waals surface area contributed by atoms with Gasteiger partial charge < -0.3 is 10.1 Å². The number of hydrogen-bond donors (Lipinski definition) is 1. The first-order valence-electron chi connectivity index (χ1n) is 8.38. The van der Waals surface area contributed by atoms with Crippen LogP contribution in [0.4, 0.5) is 0 Å². The summed E-state index contributed by atoms with van der Waals surface area (Å²) < 4.78 is 5.75. The zero-order valence-electron chi connectivity index (χ0n) is 13.9. The summed E-state index contributed by atoms with van der Waals surface area (Å²) in [6, 6.07) is 3.97. The van der Waals surface area contributed by atoms with E-state index in [9.17, 15) is 4.79 Å². The van der Waals surface area contributed by atoms with Gasteiger partial charge in [0.2, 0.25) is 5.88 Å². The number of nitrogens with one attached hydrogen (secondary N) is 1. The number of nitrogens with zero attached hydrogens (tertiary/aromatic N) is 2. The molecule has 5 nitrogen and oxygen atoms in total. The Hall–Kier alpha value is -1.99. The molecule has 0 aromatic carbocycles. The van der Waals surface area contributed by atoms with Crippen molar-refractivity contribution in [3.63, 3.8) is 0 Å². The lowest BCUT2D eigenvalue weighted by Crippen LogP contribution is -2.28. The van der Waals surface area contributed by atoms with E-state index in [2.05, 4.69) is 22.2 Å². The summed E-state index contributed by atoms with van der Waals surface area (Å²) in [5, 5.41) is 5.87. The van der Waals surface area contributed by atoms with Crippen LogP contribution in [0.2, 0.25) is 0 Å². The normalized spacial score (nSPS) is 16.6. The smallest absolute Gasteiger partial charge is 0.258 e. The molecule has 0 aliphatic heterocycles. The first kappa shape index (κ1) is 16.5. The maximum atomic E-state index is 12.0. The largest absolute Gasteiger partial charge is 0.467 e. The van der Waals surface area contributed by atoms with E-state index in [0.717, 1.165) is 27.9 Å². The highest BCUT2D eigenvalue weighted by molar-refractivity contribution is 7.18. The van der Waals surface area contributed by atoms with Crippen LogP contribution in [0.5, 0.6) is 5.88 Å². The standard InChI is InChI=1S/C18H19N3O2S2/c1-11-4-5-13-14(7-11)25-18-16(13)17(20-10-21-18)23-9-15(22)19-8-12-3-2-6-24-12/h2-3,6,10-11H,4-5,7-9H2,1H3,(H,19,22). The van der Waals surface area contributed by atoms with Crippen molar-refractivity contribution in [2.24, 2.45) is 5.92 Å². The van der Waals surface area contributed by atoms with Crippen LogP contribution in [0.1, 0.15) is 28.7 Å². The summed E-state index contributed by atoms with van der Waals surface area (Å²) in [7, 11) is 0. The van der Waals surface area contributed by atoms with Crippen molar-refractivity contribution in [3.05, 3.63) is 39.2 Å². The molecule has 1 N–H and O–H groups in total. The zero-order valence-corrected chi connectivity index (χ0v) is 15.6. The van der Waals surface area contributed by atoms with Gasteiger partial charge in [-0.15, -0.1) is 22.7 Å². The number of carbonyl (C=O) groups is 1. The maximum Gasteiger partial charge on any atom is 0.258 e. The SMILES string of the molecule is CC1CCc2c(sc3ncnc(OCC(=O)NCc4cccs4)c23)C1. The maximum absolute atomic E-state index is 12.0. The zero-order chi connectivity index (χ0) is 17.2. The lowest BCUT2D eigenvalue weighted by molar-refractivity contribution is -0.123. The second kappa shape index (κ2) is 7.09. The van der Waals surface area contributed by atoms with Crippen molar-refractivity contribution in [2.45, 2.75) is 32.7 Å². The van der Waals surface area contributed by atoms with Gasteiger partial charge in [0, 0.05) is 9.75 Å². The molecule has 0 radical (unpaired) electrons. The van der Waals surface area contributed by atoms with Gasteiger partial charge in [0.15, 0.2) is 6.61 Å². The first-order valence-corrected chi connectivity index (χ1v) is 10.1. The summed E-state index contributed by atoms with van der Waals surface area (Å²) >= 11 is 3.35. The van der Waals surface area contributed by atoms with Gasteiger partial charge in [-0.2, -0.15) is 0 Å². The van der Waals surface area contributed by atoms with E-state index in [-0.39, 0.29) is 12.5 Å². The highest BCUT2D eigenvalue weighted by atomic mass is 32.1. The third-order valence-corrected chi connectivity index (χ3v) is 6.48. The van der Waals surface area contributed by atoms with Gasteiger partial charge in [0.05, 0.1) is 11.9 Å². The average molecular weight is 374 g/mol. The summed E-state index contributed by atoms with van der Waals surface area (Å²) in [5.41, 5.74) is 1.31. The molecule has 25 heavy (non-hydrogen) atoms. The van der Waals surface area contributed by atoms with Crippen molar-refractivity contribution in [1.29, 1.82) is 0 Å². The van der Waals surface area contributed by atoms with E-state index in [1.807, 2.05) is 17.5 Å². The number of amides is 1. The van der Waals surface area contributed by atoms with Gasteiger partial charge in [-0.05, 0) is 42.2 Å². The number of aromatic nitrogens is 2. The molecule has 130 valence electrons. The van der Waals surface area contributed by atoms with Crippen molar-refractivity contribution < 1.29 is 9.53 Å². The van der Waals surface area contributed by atoms with Crippen LogP contribution >= 0.6 is 22.7 Å². The van der Waals surface area contributed by atoms with Gasteiger partial charge in [-0.1, -0.05) is 13.0 Å². The van der Waals surface area contributed by atoms with Crippen LogP contribution < -0.4 is 10.1 Å². The molecule has 0 spiro atoms. The molecule has 3 aromatic rings.